The van der Waals surface area contributed by atoms with Gasteiger partial charge in [0.25, 0.3) is 0 Å². The van der Waals surface area contributed by atoms with Crippen LogP contribution in [0, 0.1) is 0 Å². The molecule has 1 heterocycles. The van der Waals surface area contributed by atoms with Gasteiger partial charge >= 0.3 is 5.97 Å². The van der Waals surface area contributed by atoms with Crippen molar-refractivity contribution in [1.29, 1.82) is 0 Å². The summed E-state index contributed by atoms with van der Waals surface area (Å²) in [6.07, 6.45) is 2.09. The van der Waals surface area contributed by atoms with Crippen LogP contribution >= 0.6 is 0 Å². The molecule has 2 amide bonds. The normalized spacial score (nSPS) is 15.8. The van der Waals surface area contributed by atoms with Crippen LogP contribution in [-0.2, 0) is 20.9 Å². The summed E-state index contributed by atoms with van der Waals surface area (Å²) in [6, 6.07) is 7.06. The molecule has 0 aliphatic carbocycles. The Kier molecular flexibility index (Phi) is 6.33. The van der Waals surface area contributed by atoms with Gasteiger partial charge in [-0.25, -0.2) is 4.79 Å². The lowest BCUT2D eigenvalue weighted by atomic mass is 10.1. The molecule has 1 aliphatic rings. The highest BCUT2D eigenvalue weighted by Gasteiger charge is 2.24. The molecule has 0 atom stereocenters. The molecule has 6 heteroatoms. The summed E-state index contributed by atoms with van der Waals surface area (Å²) < 4.78 is 4.73. The molecule has 1 fully saturated rings. The molecular formula is C19H24N2O4. The van der Waals surface area contributed by atoms with Crippen molar-refractivity contribution in [3.8, 4) is 0 Å². The Morgan fingerprint density at radius 2 is 2.00 bits per heavy atom. The first-order valence-electron chi connectivity index (χ1n) is 8.33. The fourth-order valence-electron chi connectivity index (χ4n) is 2.74. The number of amides is 2. The molecule has 0 spiro atoms. The van der Waals surface area contributed by atoms with E-state index >= 15 is 0 Å². The van der Waals surface area contributed by atoms with Gasteiger partial charge in [0, 0.05) is 38.2 Å². The van der Waals surface area contributed by atoms with Crippen molar-refractivity contribution in [3.05, 3.63) is 47.0 Å². The van der Waals surface area contributed by atoms with Gasteiger partial charge in [0.05, 0.1) is 12.7 Å². The standard InChI is InChI=1S/C19H24N2O4/c1-4-14(2)18(23)20-9-8-17(22)21(11-10-20)13-15-6-5-7-16(12-15)19(24)25-3/h4-7,12H,8-11,13H2,1-3H3/b14-4+. The molecule has 0 aromatic heterocycles. The van der Waals surface area contributed by atoms with Gasteiger partial charge in [0.1, 0.15) is 0 Å². The molecule has 0 bridgehead atoms. The van der Waals surface area contributed by atoms with Crippen LogP contribution < -0.4 is 0 Å². The van der Waals surface area contributed by atoms with Crippen molar-refractivity contribution in [2.24, 2.45) is 0 Å². The summed E-state index contributed by atoms with van der Waals surface area (Å²) in [5.74, 6) is -0.413. The predicted octanol–water partition coefficient (Wildman–Crippen LogP) is 2.00. The Balaban J connectivity index is 2.07. The molecule has 6 nitrogen and oxygen atoms in total. The molecule has 0 saturated carbocycles. The minimum Gasteiger partial charge on any atom is -0.465 e. The van der Waals surface area contributed by atoms with E-state index in [0.717, 1.165) is 5.56 Å². The second-order valence-electron chi connectivity index (χ2n) is 6.02. The number of methoxy groups -OCH3 is 1. The van der Waals surface area contributed by atoms with Crippen molar-refractivity contribution < 1.29 is 19.1 Å². The van der Waals surface area contributed by atoms with Gasteiger partial charge in [-0.3, -0.25) is 9.59 Å². The maximum absolute atomic E-state index is 12.4. The molecule has 1 aromatic carbocycles. The van der Waals surface area contributed by atoms with Crippen molar-refractivity contribution in [2.45, 2.75) is 26.8 Å². The van der Waals surface area contributed by atoms with Crippen molar-refractivity contribution >= 4 is 17.8 Å². The van der Waals surface area contributed by atoms with E-state index in [9.17, 15) is 14.4 Å². The number of benzene rings is 1. The Hall–Kier alpha value is -2.63. The third-order valence-corrected chi connectivity index (χ3v) is 4.37. The first kappa shape index (κ1) is 18.7. The van der Waals surface area contributed by atoms with Gasteiger partial charge in [-0.2, -0.15) is 0 Å². The van der Waals surface area contributed by atoms with E-state index in [4.69, 9.17) is 4.74 Å². The van der Waals surface area contributed by atoms with Crippen LogP contribution in [0.2, 0.25) is 0 Å². The van der Waals surface area contributed by atoms with Gasteiger partial charge < -0.3 is 14.5 Å². The van der Waals surface area contributed by atoms with Crippen LogP contribution in [0.5, 0.6) is 0 Å². The van der Waals surface area contributed by atoms with E-state index < -0.39 is 5.97 Å². The van der Waals surface area contributed by atoms with Crippen LogP contribution in [0.3, 0.4) is 0 Å². The molecule has 1 aliphatic heterocycles. The van der Waals surface area contributed by atoms with Crippen molar-refractivity contribution in [2.75, 3.05) is 26.7 Å². The number of carbonyl (C=O) groups is 3. The number of allylic oxidation sites excluding steroid dienone is 1. The van der Waals surface area contributed by atoms with E-state index in [-0.39, 0.29) is 11.8 Å². The molecule has 0 N–H and O–H groups in total. The average molecular weight is 344 g/mol. The fourth-order valence-corrected chi connectivity index (χ4v) is 2.74. The number of ether oxygens (including phenoxy) is 1. The van der Waals surface area contributed by atoms with Crippen molar-refractivity contribution in [3.63, 3.8) is 0 Å². The average Bonchev–Trinajstić information content (AvgIpc) is 2.82. The molecule has 1 aromatic rings. The lowest BCUT2D eigenvalue weighted by molar-refractivity contribution is -0.130. The molecule has 0 radical (unpaired) electrons. The van der Waals surface area contributed by atoms with Gasteiger partial charge in [0.15, 0.2) is 0 Å². The molecule has 134 valence electrons. The highest BCUT2D eigenvalue weighted by Crippen LogP contribution is 2.14. The third-order valence-electron chi connectivity index (χ3n) is 4.37. The topological polar surface area (TPSA) is 66.9 Å². The maximum Gasteiger partial charge on any atom is 0.337 e. The SMILES string of the molecule is C/C=C(\C)C(=O)N1CCC(=O)N(Cc2cccc(C(=O)OC)c2)CC1. The first-order valence-corrected chi connectivity index (χ1v) is 8.33. The Morgan fingerprint density at radius 3 is 2.68 bits per heavy atom. The van der Waals surface area contributed by atoms with Gasteiger partial charge in [-0.1, -0.05) is 18.2 Å². The zero-order chi connectivity index (χ0) is 18.4. The highest BCUT2D eigenvalue weighted by atomic mass is 16.5. The summed E-state index contributed by atoms with van der Waals surface area (Å²) in [4.78, 5) is 39.8. The quantitative estimate of drug-likeness (QED) is 0.619. The number of carbonyl (C=O) groups excluding carboxylic acids is 3. The second-order valence-corrected chi connectivity index (χ2v) is 6.02. The maximum atomic E-state index is 12.4. The summed E-state index contributed by atoms with van der Waals surface area (Å²) in [7, 11) is 1.34. The Bertz CT molecular complexity index is 696. The van der Waals surface area contributed by atoms with Gasteiger partial charge in [-0.05, 0) is 31.5 Å². The van der Waals surface area contributed by atoms with Crippen molar-refractivity contribution in [1.82, 2.24) is 9.80 Å². The lowest BCUT2D eigenvalue weighted by Gasteiger charge is -2.22. The van der Waals surface area contributed by atoms with Gasteiger partial charge in [0.2, 0.25) is 11.8 Å². The van der Waals surface area contributed by atoms with Crippen LogP contribution in [-0.4, -0.2) is 54.3 Å². The van der Waals surface area contributed by atoms with E-state index in [0.29, 0.717) is 43.7 Å². The smallest absolute Gasteiger partial charge is 0.337 e. The highest BCUT2D eigenvalue weighted by molar-refractivity contribution is 5.93. The minimum atomic E-state index is -0.400. The number of hydrogen-bond acceptors (Lipinski definition) is 4. The molecule has 0 unspecified atom stereocenters. The Morgan fingerprint density at radius 1 is 1.24 bits per heavy atom. The number of nitrogens with zero attached hydrogens (tertiary/aromatic N) is 2. The van der Waals surface area contributed by atoms with Crippen LogP contribution in [0.1, 0.15) is 36.2 Å². The molecule has 25 heavy (non-hydrogen) atoms. The van der Waals surface area contributed by atoms with E-state index in [1.54, 1.807) is 41.0 Å². The summed E-state index contributed by atoms with van der Waals surface area (Å²) in [6.45, 7) is 5.44. The van der Waals surface area contributed by atoms with Crippen LogP contribution in [0.15, 0.2) is 35.9 Å². The van der Waals surface area contributed by atoms with Crippen LogP contribution in [0.4, 0.5) is 0 Å². The Labute approximate surface area is 148 Å². The van der Waals surface area contributed by atoms with Gasteiger partial charge in [-0.15, -0.1) is 0 Å². The molecular weight excluding hydrogens is 320 g/mol. The number of hydrogen-bond donors (Lipinski definition) is 0. The minimum absolute atomic E-state index is 0.0110. The third kappa shape index (κ3) is 4.68. The van der Waals surface area contributed by atoms with E-state index in [1.165, 1.54) is 7.11 Å². The zero-order valence-electron chi connectivity index (χ0n) is 14.9. The predicted molar refractivity (Wildman–Crippen MR) is 93.8 cm³/mol. The summed E-state index contributed by atoms with van der Waals surface area (Å²) >= 11 is 0. The van der Waals surface area contributed by atoms with E-state index in [2.05, 4.69) is 0 Å². The largest absolute Gasteiger partial charge is 0.465 e. The fraction of sp³-hybridized carbons (Fsp3) is 0.421. The lowest BCUT2D eigenvalue weighted by Crippen LogP contribution is -2.36. The first-order chi connectivity index (χ1) is 12.0. The zero-order valence-corrected chi connectivity index (χ0v) is 14.9. The number of rotatable bonds is 4. The molecule has 2 rings (SSSR count). The second kappa shape index (κ2) is 8.46. The van der Waals surface area contributed by atoms with Crippen LogP contribution in [0.25, 0.3) is 0 Å². The number of esters is 1. The van der Waals surface area contributed by atoms with E-state index in [1.807, 2.05) is 13.0 Å². The molecule has 1 saturated heterocycles. The monoisotopic (exact) mass is 344 g/mol. The summed E-state index contributed by atoms with van der Waals surface area (Å²) in [5, 5.41) is 0. The summed E-state index contributed by atoms with van der Waals surface area (Å²) in [5.41, 5.74) is 2.01.